The summed E-state index contributed by atoms with van der Waals surface area (Å²) in [6.45, 7) is 1.61. The number of imide groups is 1. The Morgan fingerprint density at radius 3 is 2.53 bits per heavy atom. The number of nitrogens with one attached hydrogen (secondary N) is 1. The van der Waals surface area contributed by atoms with E-state index in [1.54, 1.807) is 24.3 Å². The van der Waals surface area contributed by atoms with Gasteiger partial charge in [0.2, 0.25) is 0 Å². The van der Waals surface area contributed by atoms with E-state index in [1.165, 1.54) is 30.5 Å². The molecule has 3 aromatic rings. The summed E-state index contributed by atoms with van der Waals surface area (Å²) in [6, 6.07) is 12.3. The van der Waals surface area contributed by atoms with Crippen LogP contribution in [0.15, 0.2) is 59.2 Å². The number of fused-ring (bicyclic) bond motifs is 1. The minimum Gasteiger partial charge on any atom is -0.467 e. The van der Waals surface area contributed by atoms with Gasteiger partial charge in [-0.3, -0.25) is 19.3 Å². The molecule has 1 aromatic heterocycles. The lowest BCUT2D eigenvalue weighted by molar-refractivity contribution is 0.0631. The van der Waals surface area contributed by atoms with Crippen molar-refractivity contribution in [3.05, 3.63) is 83.1 Å². The van der Waals surface area contributed by atoms with Gasteiger partial charge in [0.15, 0.2) is 0 Å². The smallest absolute Gasteiger partial charge is 0.261 e. The molecule has 7 nitrogen and oxygen atoms in total. The average Bonchev–Trinajstić information content (AvgIpc) is 3.55. The number of nitrogens with zero attached hydrogens (tertiary/aromatic N) is 2. The number of amides is 3. The fourth-order valence-electron chi connectivity index (χ4n) is 4.18. The molecule has 0 spiro atoms. The molecule has 0 aliphatic carbocycles. The van der Waals surface area contributed by atoms with Gasteiger partial charge in [0.25, 0.3) is 17.7 Å². The van der Waals surface area contributed by atoms with Crippen molar-refractivity contribution in [2.24, 2.45) is 0 Å². The first-order chi connectivity index (χ1) is 15.5. The summed E-state index contributed by atoms with van der Waals surface area (Å²) in [7, 11) is 0. The van der Waals surface area contributed by atoms with Crippen molar-refractivity contribution in [2.75, 3.05) is 23.3 Å². The van der Waals surface area contributed by atoms with Gasteiger partial charge in [-0.05, 0) is 55.3 Å². The Labute approximate surface area is 183 Å². The van der Waals surface area contributed by atoms with Gasteiger partial charge in [0.1, 0.15) is 17.3 Å². The number of anilines is 2. The molecular weight excluding hydrogens is 413 g/mol. The van der Waals surface area contributed by atoms with Crippen molar-refractivity contribution in [3.63, 3.8) is 0 Å². The number of rotatable bonds is 5. The van der Waals surface area contributed by atoms with E-state index in [0.717, 1.165) is 30.8 Å². The Morgan fingerprint density at radius 2 is 1.78 bits per heavy atom. The number of carbonyl (C=O) groups is 3. The van der Waals surface area contributed by atoms with Crippen LogP contribution in [-0.4, -0.2) is 35.7 Å². The van der Waals surface area contributed by atoms with E-state index in [4.69, 9.17) is 4.42 Å². The molecule has 0 radical (unpaired) electrons. The first-order valence-electron chi connectivity index (χ1n) is 10.4. The molecule has 3 amide bonds. The highest BCUT2D eigenvalue weighted by atomic mass is 19.1. The van der Waals surface area contributed by atoms with E-state index in [-0.39, 0.29) is 28.9 Å². The topological polar surface area (TPSA) is 82.9 Å². The highest BCUT2D eigenvalue weighted by Crippen LogP contribution is 2.32. The Morgan fingerprint density at radius 1 is 1.00 bits per heavy atom. The molecule has 8 heteroatoms. The lowest BCUT2D eigenvalue weighted by Gasteiger charge is -2.22. The summed E-state index contributed by atoms with van der Waals surface area (Å²) in [6.07, 6.45) is 3.49. The van der Waals surface area contributed by atoms with E-state index in [0.29, 0.717) is 11.4 Å². The van der Waals surface area contributed by atoms with Crippen LogP contribution < -0.4 is 10.2 Å². The first kappa shape index (κ1) is 20.0. The van der Waals surface area contributed by atoms with E-state index in [2.05, 4.69) is 5.32 Å². The van der Waals surface area contributed by atoms with Gasteiger partial charge in [-0.2, -0.15) is 0 Å². The summed E-state index contributed by atoms with van der Waals surface area (Å²) in [5, 5.41) is 2.66. The molecule has 2 aliphatic heterocycles. The minimum atomic E-state index is -0.553. The Hall–Kier alpha value is -3.94. The maximum atomic E-state index is 14.6. The van der Waals surface area contributed by atoms with Crippen LogP contribution in [0.25, 0.3) is 0 Å². The number of furan rings is 1. The molecule has 0 saturated carbocycles. The molecule has 1 fully saturated rings. The lowest BCUT2D eigenvalue weighted by atomic mass is 10.1. The molecule has 1 saturated heterocycles. The maximum Gasteiger partial charge on any atom is 0.261 e. The number of hydrogen-bond donors (Lipinski definition) is 1. The normalized spacial score (nSPS) is 15.4. The molecule has 5 rings (SSSR count). The van der Waals surface area contributed by atoms with E-state index < -0.39 is 23.5 Å². The molecule has 1 N–H and O–H groups in total. The van der Waals surface area contributed by atoms with Crippen molar-refractivity contribution in [2.45, 2.75) is 19.4 Å². The predicted octanol–water partition coefficient (Wildman–Crippen LogP) is 4.07. The molecule has 162 valence electrons. The average molecular weight is 433 g/mol. The van der Waals surface area contributed by atoms with Crippen molar-refractivity contribution in [3.8, 4) is 0 Å². The van der Waals surface area contributed by atoms with Crippen LogP contribution in [0.4, 0.5) is 15.8 Å². The van der Waals surface area contributed by atoms with Crippen LogP contribution in [0.5, 0.6) is 0 Å². The van der Waals surface area contributed by atoms with E-state index >= 15 is 0 Å². The first-order valence-corrected chi connectivity index (χ1v) is 10.4. The largest absolute Gasteiger partial charge is 0.467 e. The van der Waals surface area contributed by atoms with Gasteiger partial charge in [-0.15, -0.1) is 0 Å². The summed E-state index contributed by atoms with van der Waals surface area (Å²) < 4.78 is 19.8. The summed E-state index contributed by atoms with van der Waals surface area (Å²) in [5.41, 5.74) is 1.28. The number of carbonyl (C=O) groups excluding carboxylic acids is 3. The van der Waals surface area contributed by atoms with Crippen LogP contribution >= 0.6 is 0 Å². The molecule has 2 aliphatic rings. The van der Waals surface area contributed by atoms with Crippen molar-refractivity contribution >= 4 is 29.1 Å². The fourth-order valence-corrected chi connectivity index (χ4v) is 4.18. The molecule has 0 atom stereocenters. The highest BCUT2D eigenvalue weighted by molar-refractivity contribution is 6.22. The second-order valence-electron chi connectivity index (χ2n) is 7.82. The number of halogens is 1. The molecule has 0 unspecified atom stereocenters. The molecule has 2 aromatic carbocycles. The quantitative estimate of drug-likeness (QED) is 0.614. The second-order valence-corrected chi connectivity index (χ2v) is 7.82. The van der Waals surface area contributed by atoms with Gasteiger partial charge in [0, 0.05) is 18.7 Å². The molecule has 0 bridgehead atoms. The third kappa shape index (κ3) is 3.43. The Bertz CT molecular complexity index is 1220. The Balaban J connectivity index is 1.40. The fraction of sp³-hybridized carbons (Fsp3) is 0.208. The summed E-state index contributed by atoms with van der Waals surface area (Å²) in [5.74, 6) is -1.55. The van der Waals surface area contributed by atoms with Gasteiger partial charge in [-0.1, -0.05) is 6.07 Å². The van der Waals surface area contributed by atoms with Gasteiger partial charge >= 0.3 is 0 Å². The van der Waals surface area contributed by atoms with E-state index in [9.17, 15) is 18.8 Å². The van der Waals surface area contributed by atoms with Gasteiger partial charge in [-0.25, -0.2) is 4.39 Å². The van der Waals surface area contributed by atoms with Crippen LogP contribution in [0.1, 0.15) is 49.7 Å². The number of hydrogen-bond acceptors (Lipinski definition) is 5. The zero-order valence-corrected chi connectivity index (χ0v) is 17.1. The Kier molecular flexibility index (Phi) is 4.97. The molecule has 32 heavy (non-hydrogen) atoms. The third-order valence-electron chi connectivity index (χ3n) is 5.80. The van der Waals surface area contributed by atoms with Crippen LogP contribution in [0, 0.1) is 5.82 Å². The monoisotopic (exact) mass is 433 g/mol. The van der Waals surface area contributed by atoms with Crippen molar-refractivity contribution in [1.29, 1.82) is 0 Å². The van der Waals surface area contributed by atoms with Crippen LogP contribution in [0.3, 0.4) is 0 Å². The van der Waals surface area contributed by atoms with Crippen LogP contribution in [0.2, 0.25) is 0 Å². The molecular formula is C24H20FN3O4. The molecule has 3 heterocycles. The number of para-hydroxylation sites is 1. The summed E-state index contributed by atoms with van der Waals surface area (Å²) in [4.78, 5) is 41.5. The van der Waals surface area contributed by atoms with Gasteiger partial charge < -0.3 is 14.6 Å². The minimum absolute atomic E-state index is 0.00922. The number of benzene rings is 2. The van der Waals surface area contributed by atoms with Gasteiger partial charge in [0.05, 0.1) is 29.6 Å². The lowest BCUT2D eigenvalue weighted by Crippen LogP contribution is -2.28. The maximum absolute atomic E-state index is 14.6. The zero-order valence-electron chi connectivity index (χ0n) is 17.1. The van der Waals surface area contributed by atoms with E-state index in [1.807, 2.05) is 4.90 Å². The SMILES string of the molecule is O=C(Nc1c(F)cccc1N1CCCC1)c1ccc2c(c1)C(=O)N(Cc1ccco1)C2=O. The standard InChI is InChI=1S/C24H20FN3O4/c25-19-6-3-7-20(27-10-1-2-11-27)21(19)26-22(29)15-8-9-17-18(13-15)24(31)28(23(17)30)14-16-5-4-12-32-16/h3-9,12-13H,1-2,10-11,14H2,(H,26,29). The highest BCUT2D eigenvalue weighted by Gasteiger charge is 2.36. The van der Waals surface area contributed by atoms with Crippen molar-refractivity contribution < 1.29 is 23.2 Å². The van der Waals surface area contributed by atoms with Crippen LogP contribution in [-0.2, 0) is 6.54 Å². The van der Waals surface area contributed by atoms with Crippen molar-refractivity contribution in [1.82, 2.24) is 4.90 Å². The zero-order chi connectivity index (χ0) is 22.2. The second kappa shape index (κ2) is 7.96. The third-order valence-corrected chi connectivity index (χ3v) is 5.80. The predicted molar refractivity (Wildman–Crippen MR) is 115 cm³/mol. The summed E-state index contributed by atoms with van der Waals surface area (Å²) >= 11 is 0.